The summed E-state index contributed by atoms with van der Waals surface area (Å²) in [5, 5.41) is 5.52. The summed E-state index contributed by atoms with van der Waals surface area (Å²) in [7, 11) is 0. The van der Waals surface area contributed by atoms with E-state index < -0.39 is 6.04 Å². The maximum Gasteiger partial charge on any atom is 0.247 e. The van der Waals surface area contributed by atoms with Crippen LogP contribution in [0.25, 0.3) is 0 Å². The summed E-state index contributed by atoms with van der Waals surface area (Å²) in [6.45, 7) is 10.4. The van der Waals surface area contributed by atoms with Crippen molar-refractivity contribution in [2.45, 2.75) is 53.5 Å². The first kappa shape index (κ1) is 20.8. The number of nitrogens with one attached hydrogen (secondary N) is 2. The predicted octanol–water partition coefficient (Wildman–Crippen LogP) is 3.36. The number of carbonyl (C=O) groups excluding carboxylic acids is 2. The largest absolute Gasteiger partial charge is 0.490 e. The summed E-state index contributed by atoms with van der Waals surface area (Å²) < 4.78 is 11.4. The molecule has 0 spiro atoms. The number of benzene rings is 1. The molecular formula is C19H30N2O4. The second-order valence-electron chi connectivity index (χ2n) is 6.27. The van der Waals surface area contributed by atoms with Crippen LogP contribution < -0.4 is 20.1 Å². The number of ether oxygens (including phenoxy) is 2. The number of anilines is 1. The first-order valence-corrected chi connectivity index (χ1v) is 8.86. The van der Waals surface area contributed by atoms with Gasteiger partial charge in [0.2, 0.25) is 11.8 Å². The van der Waals surface area contributed by atoms with E-state index >= 15 is 0 Å². The minimum Gasteiger partial charge on any atom is -0.490 e. The van der Waals surface area contributed by atoms with Crippen molar-refractivity contribution in [3.63, 3.8) is 0 Å². The molecule has 1 aromatic rings. The minimum atomic E-state index is -0.589. The quantitative estimate of drug-likeness (QED) is 0.678. The molecule has 1 aromatic carbocycles. The van der Waals surface area contributed by atoms with E-state index in [9.17, 15) is 9.59 Å². The molecule has 0 radical (unpaired) electrons. The van der Waals surface area contributed by atoms with Gasteiger partial charge in [-0.15, -0.1) is 0 Å². The lowest BCUT2D eigenvalue weighted by Crippen LogP contribution is -2.46. The molecule has 25 heavy (non-hydrogen) atoms. The Morgan fingerprint density at radius 3 is 2.16 bits per heavy atom. The Balaban J connectivity index is 2.92. The van der Waals surface area contributed by atoms with Crippen LogP contribution >= 0.6 is 0 Å². The van der Waals surface area contributed by atoms with Gasteiger partial charge in [-0.05, 0) is 30.9 Å². The molecule has 0 saturated carbocycles. The van der Waals surface area contributed by atoms with E-state index in [2.05, 4.69) is 10.6 Å². The van der Waals surface area contributed by atoms with Crippen molar-refractivity contribution >= 4 is 17.5 Å². The Morgan fingerprint density at radius 2 is 1.64 bits per heavy atom. The predicted molar refractivity (Wildman–Crippen MR) is 99.1 cm³/mol. The standard InChI is InChI=1S/C19H30N2O4/c1-6-10-24-16-9-8-15(12-17(16)25-11-7-2)21-19(23)18(13(3)4)20-14(5)22/h8-9,12-13,18H,6-7,10-11H2,1-5H3,(H,20,22)(H,21,23). The first-order chi connectivity index (χ1) is 11.9. The summed E-state index contributed by atoms with van der Waals surface area (Å²) >= 11 is 0. The van der Waals surface area contributed by atoms with Gasteiger partial charge in [-0.25, -0.2) is 0 Å². The Morgan fingerprint density at radius 1 is 1.04 bits per heavy atom. The molecule has 1 unspecified atom stereocenters. The van der Waals surface area contributed by atoms with Crippen LogP contribution in [0.1, 0.15) is 47.5 Å². The Labute approximate surface area is 150 Å². The molecule has 140 valence electrons. The minimum absolute atomic E-state index is 0.0214. The number of amides is 2. The summed E-state index contributed by atoms with van der Waals surface area (Å²) in [4.78, 5) is 23.8. The third kappa shape index (κ3) is 7.03. The number of carbonyl (C=O) groups is 2. The molecule has 2 N–H and O–H groups in total. The zero-order valence-electron chi connectivity index (χ0n) is 15.8. The molecule has 0 saturated heterocycles. The normalized spacial score (nSPS) is 11.8. The van der Waals surface area contributed by atoms with Gasteiger partial charge in [-0.3, -0.25) is 9.59 Å². The van der Waals surface area contributed by atoms with Gasteiger partial charge in [-0.1, -0.05) is 27.7 Å². The van der Waals surface area contributed by atoms with Crippen molar-refractivity contribution in [1.29, 1.82) is 0 Å². The third-order valence-electron chi connectivity index (χ3n) is 3.44. The van der Waals surface area contributed by atoms with E-state index in [1.165, 1.54) is 6.92 Å². The molecule has 6 heteroatoms. The van der Waals surface area contributed by atoms with Crippen LogP contribution in [0.3, 0.4) is 0 Å². The molecule has 0 heterocycles. The highest BCUT2D eigenvalue weighted by atomic mass is 16.5. The van der Waals surface area contributed by atoms with E-state index in [0.29, 0.717) is 30.4 Å². The van der Waals surface area contributed by atoms with Crippen molar-refractivity contribution in [3.05, 3.63) is 18.2 Å². The SMILES string of the molecule is CCCOc1ccc(NC(=O)C(NC(C)=O)C(C)C)cc1OCCC. The summed E-state index contributed by atoms with van der Waals surface area (Å²) in [6, 6.07) is 4.73. The average molecular weight is 350 g/mol. The average Bonchev–Trinajstić information content (AvgIpc) is 2.56. The van der Waals surface area contributed by atoms with E-state index in [4.69, 9.17) is 9.47 Å². The molecule has 0 aliphatic rings. The summed E-state index contributed by atoms with van der Waals surface area (Å²) in [5.74, 6) is 0.758. The van der Waals surface area contributed by atoms with Crippen molar-refractivity contribution in [2.24, 2.45) is 5.92 Å². The van der Waals surface area contributed by atoms with Gasteiger partial charge in [-0.2, -0.15) is 0 Å². The van der Waals surface area contributed by atoms with Crippen LogP contribution in [0.4, 0.5) is 5.69 Å². The molecule has 0 bridgehead atoms. The zero-order chi connectivity index (χ0) is 18.8. The number of hydrogen-bond acceptors (Lipinski definition) is 4. The molecule has 0 aliphatic carbocycles. The summed E-state index contributed by atoms with van der Waals surface area (Å²) in [5.41, 5.74) is 0.607. The van der Waals surface area contributed by atoms with Gasteiger partial charge in [0, 0.05) is 18.7 Å². The van der Waals surface area contributed by atoms with Crippen LogP contribution in [-0.4, -0.2) is 31.1 Å². The van der Waals surface area contributed by atoms with Crippen molar-refractivity contribution < 1.29 is 19.1 Å². The highest BCUT2D eigenvalue weighted by Crippen LogP contribution is 2.31. The highest BCUT2D eigenvalue weighted by molar-refractivity contribution is 5.97. The molecular weight excluding hydrogens is 320 g/mol. The fraction of sp³-hybridized carbons (Fsp3) is 0.579. The zero-order valence-corrected chi connectivity index (χ0v) is 15.8. The van der Waals surface area contributed by atoms with Crippen molar-refractivity contribution in [2.75, 3.05) is 18.5 Å². The second-order valence-corrected chi connectivity index (χ2v) is 6.27. The van der Waals surface area contributed by atoms with Gasteiger partial charge in [0.05, 0.1) is 13.2 Å². The maximum absolute atomic E-state index is 12.5. The van der Waals surface area contributed by atoms with Crippen LogP contribution in [0, 0.1) is 5.92 Å². The second kappa shape index (κ2) is 10.6. The van der Waals surface area contributed by atoms with E-state index in [-0.39, 0.29) is 17.7 Å². The van der Waals surface area contributed by atoms with Crippen molar-refractivity contribution in [1.82, 2.24) is 5.32 Å². The molecule has 0 aromatic heterocycles. The number of hydrogen-bond donors (Lipinski definition) is 2. The molecule has 0 aliphatic heterocycles. The van der Waals surface area contributed by atoms with Crippen LogP contribution in [0.15, 0.2) is 18.2 Å². The lowest BCUT2D eigenvalue weighted by molar-refractivity contribution is -0.126. The Bertz CT molecular complexity index is 573. The maximum atomic E-state index is 12.5. The van der Waals surface area contributed by atoms with E-state index in [0.717, 1.165) is 12.8 Å². The van der Waals surface area contributed by atoms with Gasteiger partial charge in [0.1, 0.15) is 6.04 Å². The number of rotatable bonds is 10. The van der Waals surface area contributed by atoms with Crippen LogP contribution in [0.2, 0.25) is 0 Å². The summed E-state index contributed by atoms with van der Waals surface area (Å²) in [6.07, 6.45) is 1.78. The lowest BCUT2D eigenvalue weighted by Gasteiger charge is -2.21. The molecule has 1 rings (SSSR count). The smallest absolute Gasteiger partial charge is 0.247 e. The topological polar surface area (TPSA) is 76.7 Å². The van der Waals surface area contributed by atoms with Crippen LogP contribution in [0.5, 0.6) is 11.5 Å². The molecule has 2 amide bonds. The van der Waals surface area contributed by atoms with Gasteiger partial charge < -0.3 is 20.1 Å². The monoisotopic (exact) mass is 350 g/mol. The fourth-order valence-corrected chi connectivity index (χ4v) is 2.22. The van der Waals surface area contributed by atoms with Gasteiger partial charge in [0.25, 0.3) is 0 Å². The lowest BCUT2D eigenvalue weighted by atomic mass is 10.0. The van der Waals surface area contributed by atoms with Gasteiger partial charge in [0.15, 0.2) is 11.5 Å². The van der Waals surface area contributed by atoms with Crippen LogP contribution in [-0.2, 0) is 9.59 Å². The molecule has 6 nitrogen and oxygen atoms in total. The fourth-order valence-electron chi connectivity index (χ4n) is 2.22. The Hall–Kier alpha value is -2.24. The van der Waals surface area contributed by atoms with E-state index in [1.807, 2.05) is 27.7 Å². The molecule has 1 atom stereocenters. The highest BCUT2D eigenvalue weighted by Gasteiger charge is 2.23. The van der Waals surface area contributed by atoms with Crippen molar-refractivity contribution in [3.8, 4) is 11.5 Å². The molecule has 0 fully saturated rings. The third-order valence-corrected chi connectivity index (χ3v) is 3.44. The first-order valence-electron chi connectivity index (χ1n) is 8.86. The van der Waals surface area contributed by atoms with Gasteiger partial charge >= 0.3 is 0 Å². The Kier molecular flexibility index (Phi) is 8.81. The van der Waals surface area contributed by atoms with E-state index in [1.54, 1.807) is 18.2 Å².